The monoisotopic (exact) mass is 679 g/mol. The lowest BCUT2D eigenvalue weighted by Gasteiger charge is -2.41. The second-order valence-corrected chi connectivity index (χ2v) is 14.8. The van der Waals surface area contributed by atoms with E-state index in [4.69, 9.17) is 0 Å². The van der Waals surface area contributed by atoms with Gasteiger partial charge in [-0.25, -0.2) is 0 Å². The van der Waals surface area contributed by atoms with Crippen molar-refractivity contribution in [3.05, 3.63) is 91.5 Å². The molecule has 0 radical (unpaired) electrons. The molecule has 0 aliphatic carbocycles. The lowest BCUT2D eigenvalue weighted by atomic mass is 9.70. The number of aliphatic hydroxyl groups is 1. The van der Waals surface area contributed by atoms with Gasteiger partial charge in [0.2, 0.25) is 17.7 Å². The smallest absolute Gasteiger partial charge is 0.247 e. The lowest BCUT2D eigenvalue weighted by Crippen LogP contribution is -2.58. The van der Waals surface area contributed by atoms with Crippen molar-refractivity contribution < 1.29 is 19.5 Å². The van der Waals surface area contributed by atoms with E-state index in [9.17, 15) is 19.5 Å². The quantitative estimate of drug-likeness (QED) is 0.230. The highest BCUT2D eigenvalue weighted by Crippen LogP contribution is 2.68. The fourth-order valence-electron chi connectivity index (χ4n) is 7.41. The summed E-state index contributed by atoms with van der Waals surface area (Å²) in [5, 5.41) is 10.5. The number of carbonyl (C=O) groups is 3. The van der Waals surface area contributed by atoms with Crippen LogP contribution in [0.5, 0.6) is 0 Å². The molecule has 7 nitrogen and oxygen atoms in total. The molecule has 3 fully saturated rings. The maximum absolute atomic E-state index is 14.9. The zero-order valence-corrected chi connectivity index (χ0v) is 27.8. The van der Waals surface area contributed by atoms with Gasteiger partial charge in [-0.1, -0.05) is 96.9 Å². The number of likely N-dealkylation sites (tertiary alicyclic amines) is 1. The number of carbonyl (C=O) groups excluding carboxylic acids is 3. The van der Waals surface area contributed by atoms with Crippen LogP contribution in [0.15, 0.2) is 86.0 Å². The zero-order valence-electron chi connectivity index (χ0n) is 25.4. The van der Waals surface area contributed by atoms with Gasteiger partial charge in [0, 0.05) is 35.4 Å². The molecule has 2 aromatic carbocycles. The Labute approximate surface area is 273 Å². The number of benzene rings is 2. The molecule has 3 saturated heterocycles. The predicted octanol–water partition coefficient (Wildman–Crippen LogP) is 5.29. The third kappa shape index (κ3) is 5.56. The molecule has 234 valence electrons. The fourth-order valence-corrected chi connectivity index (χ4v) is 11.0. The van der Waals surface area contributed by atoms with E-state index in [0.717, 1.165) is 17.7 Å². The van der Waals surface area contributed by atoms with Crippen molar-refractivity contribution in [1.82, 2.24) is 9.80 Å². The maximum atomic E-state index is 14.9. The molecule has 2 aromatic rings. The number of amides is 3. The molecular formula is C35H42BrN3O4S. The van der Waals surface area contributed by atoms with Crippen molar-refractivity contribution in [1.29, 1.82) is 0 Å². The minimum Gasteiger partial charge on any atom is -0.394 e. The fraction of sp³-hybridized carbons (Fsp3) is 0.457. The van der Waals surface area contributed by atoms with Crippen molar-refractivity contribution in [2.75, 3.05) is 24.6 Å². The van der Waals surface area contributed by atoms with E-state index in [2.05, 4.69) is 29.1 Å². The number of halogens is 1. The highest BCUT2D eigenvalue weighted by atomic mass is 79.9. The minimum atomic E-state index is -0.827. The minimum absolute atomic E-state index is 0.0471. The summed E-state index contributed by atoms with van der Waals surface area (Å²) >= 11 is 5.50. The van der Waals surface area contributed by atoms with Crippen LogP contribution in [-0.2, 0) is 20.9 Å². The van der Waals surface area contributed by atoms with Crippen LogP contribution in [0.4, 0.5) is 5.69 Å². The Morgan fingerprint density at radius 3 is 2.32 bits per heavy atom. The van der Waals surface area contributed by atoms with Gasteiger partial charge in [-0.05, 0) is 30.0 Å². The molecule has 1 N–H and O–H groups in total. The molecule has 5 rings (SSSR count). The SMILES string of the molecule is C=CCN(Cc1ccccc1)C(=O)C1N([C@@H](CO)[C@@H](C)CC)C(=O)[C@@H]2[C@@H](C(=O)N(CC=C)c3ccccc3)[C@@H]3SC12CC3Br. The van der Waals surface area contributed by atoms with Crippen LogP contribution in [0.25, 0.3) is 0 Å². The summed E-state index contributed by atoms with van der Waals surface area (Å²) in [6.45, 7) is 12.6. The average Bonchev–Trinajstić information content (AvgIpc) is 3.63. The van der Waals surface area contributed by atoms with Gasteiger partial charge >= 0.3 is 0 Å². The molecule has 3 aliphatic rings. The lowest BCUT2D eigenvalue weighted by molar-refractivity contribution is -0.147. The topological polar surface area (TPSA) is 81.2 Å². The van der Waals surface area contributed by atoms with Gasteiger partial charge in [0.05, 0.1) is 29.2 Å². The van der Waals surface area contributed by atoms with Crippen molar-refractivity contribution in [3.63, 3.8) is 0 Å². The number of rotatable bonds is 13. The Morgan fingerprint density at radius 1 is 1.09 bits per heavy atom. The van der Waals surface area contributed by atoms with Crippen molar-refractivity contribution in [2.24, 2.45) is 17.8 Å². The van der Waals surface area contributed by atoms with E-state index in [1.54, 1.807) is 38.6 Å². The van der Waals surface area contributed by atoms with E-state index in [1.165, 1.54) is 0 Å². The highest BCUT2D eigenvalue weighted by molar-refractivity contribution is 9.09. The molecule has 0 saturated carbocycles. The van der Waals surface area contributed by atoms with Gasteiger partial charge in [0.15, 0.2) is 0 Å². The Balaban J connectivity index is 1.61. The first-order valence-corrected chi connectivity index (χ1v) is 17.2. The van der Waals surface area contributed by atoms with Crippen LogP contribution in [-0.4, -0.2) is 79.2 Å². The molecule has 3 unspecified atom stereocenters. The molecule has 3 amide bonds. The normalized spacial score (nSPS) is 28.3. The van der Waals surface area contributed by atoms with Gasteiger partial charge in [0.1, 0.15) is 6.04 Å². The highest BCUT2D eigenvalue weighted by Gasteiger charge is 2.76. The zero-order chi connectivity index (χ0) is 31.6. The number of thioether (sulfide) groups is 1. The molecule has 9 heteroatoms. The first kappa shape index (κ1) is 32.5. The van der Waals surface area contributed by atoms with E-state index in [-0.39, 0.29) is 40.3 Å². The average molecular weight is 681 g/mol. The molecule has 0 aromatic heterocycles. The number of alkyl halides is 1. The van der Waals surface area contributed by atoms with E-state index < -0.39 is 28.7 Å². The molecule has 8 atom stereocenters. The number of nitrogens with zero attached hydrogens (tertiary/aromatic N) is 3. The summed E-state index contributed by atoms with van der Waals surface area (Å²) in [5.74, 6) is -1.89. The van der Waals surface area contributed by atoms with Crippen LogP contribution in [0.1, 0.15) is 32.3 Å². The Hall–Kier alpha value is -2.88. The number of anilines is 1. The third-order valence-electron chi connectivity index (χ3n) is 9.61. The number of hydrogen-bond donors (Lipinski definition) is 1. The van der Waals surface area contributed by atoms with Crippen LogP contribution < -0.4 is 4.90 Å². The molecule has 3 heterocycles. The number of fused-ring (bicyclic) bond motifs is 1. The molecule has 44 heavy (non-hydrogen) atoms. The number of para-hydroxylation sites is 1. The third-order valence-corrected chi connectivity index (χ3v) is 12.8. The Bertz CT molecular complexity index is 1380. The van der Waals surface area contributed by atoms with Crippen molar-refractivity contribution in [3.8, 4) is 0 Å². The summed E-state index contributed by atoms with van der Waals surface area (Å²) in [7, 11) is 0. The second kappa shape index (κ2) is 13.6. The molecule has 2 bridgehead atoms. The first-order chi connectivity index (χ1) is 21.2. The molecule has 1 spiro atoms. The van der Waals surface area contributed by atoms with E-state index in [1.807, 2.05) is 74.5 Å². The summed E-state index contributed by atoms with van der Waals surface area (Å²) in [6, 6.07) is 17.9. The largest absolute Gasteiger partial charge is 0.394 e. The van der Waals surface area contributed by atoms with Gasteiger partial charge in [-0.3, -0.25) is 14.4 Å². The van der Waals surface area contributed by atoms with Gasteiger partial charge < -0.3 is 19.8 Å². The predicted molar refractivity (Wildman–Crippen MR) is 180 cm³/mol. The van der Waals surface area contributed by atoms with Crippen molar-refractivity contribution in [2.45, 2.75) is 60.1 Å². The summed E-state index contributed by atoms with van der Waals surface area (Å²) in [4.78, 5) is 49.3. The number of aliphatic hydroxyl groups excluding tert-OH is 1. The summed E-state index contributed by atoms with van der Waals surface area (Å²) in [5.41, 5.74) is 1.72. The molecule has 3 aliphatic heterocycles. The maximum Gasteiger partial charge on any atom is 0.247 e. The van der Waals surface area contributed by atoms with Crippen LogP contribution in [0.3, 0.4) is 0 Å². The standard InChI is InChI=1S/C35H42BrN3O4S/c1-5-18-37(21-24-14-10-8-11-15-24)34(43)31-35-20-26(36)30(44-35)28(29(35)33(42)39(31)27(22-40)23(4)7-3)32(41)38(19-6-2)25-16-12-9-13-17-25/h5-6,8-17,23,26-31,40H,1-2,7,18-22H2,3-4H3/t23-,26?,27-,28+,29-,30+,31?,35?/m0/s1. The number of hydrogen-bond acceptors (Lipinski definition) is 5. The molecular weight excluding hydrogens is 638 g/mol. The van der Waals surface area contributed by atoms with Crippen molar-refractivity contribution >= 4 is 51.1 Å². The Morgan fingerprint density at radius 2 is 1.73 bits per heavy atom. The summed E-state index contributed by atoms with van der Waals surface area (Å²) < 4.78 is -0.819. The van der Waals surface area contributed by atoms with Crippen LogP contribution in [0, 0.1) is 17.8 Å². The van der Waals surface area contributed by atoms with E-state index >= 15 is 0 Å². The van der Waals surface area contributed by atoms with Crippen LogP contribution >= 0.6 is 27.7 Å². The second-order valence-electron chi connectivity index (χ2n) is 12.1. The van der Waals surface area contributed by atoms with Gasteiger partial charge in [0.25, 0.3) is 0 Å². The Kier molecular flexibility index (Phi) is 10.1. The summed E-state index contributed by atoms with van der Waals surface area (Å²) in [6.07, 6.45) is 4.72. The first-order valence-electron chi connectivity index (χ1n) is 15.4. The van der Waals surface area contributed by atoms with Gasteiger partial charge in [-0.15, -0.1) is 24.9 Å². The van der Waals surface area contributed by atoms with Crippen LogP contribution in [0.2, 0.25) is 0 Å². The van der Waals surface area contributed by atoms with Gasteiger partial charge in [-0.2, -0.15) is 0 Å². The van der Waals surface area contributed by atoms with E-state index in [0.29, 0.717) is 26.1 Å².